The van der Waals surface area contributed by atoms with Gasteiger partial charge < -0.3 is 10.1 Å². The van der Waals surface area contributed by atoms with Crippen molar-refractivity contribution in [2.75, 3.05) is 6.54 Å². The molecule has 3 unspecified atom stereocenters. The van der Waals surface area contributed by atoms with Crippen LogP contribution in [0.5, 0.6) is 0 Å². The number of aliphatic hydroxyl groups is 1. The molecular weight excluding hydrogens is 292 g/mol. The number of hydrazine groups is 1. The molecule has 6 heteroatoms. The fourth-order valence-corrected chi connectivity index (χ4v) is 3.53. The van der Waals surface area contributed by atoms with Gasteiger partial charge in [-0.25, -0.2) is 10.8 Å². The maximum atomic E-state index is 12.7. The minimum atomic E-state index is -0.471. The molecule has 2 heterocycles. The Kier molecular flexibility index (Phi) is 4.55. The zero-order valence-electron chi connectivity index (χ0n) is 13.8. The van der Waals surface area contributed by atoms with Gasteiger partial charge in [-0.1, -0.05) is 6.92 Å². The zero-order valence-corrected chi connectivity index (χ0v) is 13.8. The maximum Gasteiger partial charge on any atom is 0.269 e. The molecule has 0 aromatic carbocycles. The molecule has 0 saturated heterocycles. The molecule has 1 aliphatic heterocycles. The van der Waals surface area contributed by atoms with Gasteiger partial charge >= 0.3 is 0 Å². The first-order valence-electron chi connectivity index (χ1n) is 8.53. The Morgan fingerprint density at radius 1 is 1.57 bits per heavy atom. The first-order valence-corrected chi connectivity index (χ1v) is 8.53. The summed E-state index contributed by atoms with van der Waals surface area (Å²) in [5, 5.41) is 10.6. The van der Waals surface area contributed by atoms with Gasteiger partial charge in [-0.05, 0) is 44.4 Å². The summed E-state index contributed by atoms with van der Waals surface area (Å²) in [6, 6.07) is 0. The highest BCUT2D eigenvalue weighted by Crippen LogP contribution is 2.49. The maximum absolute atomic E-state index is 12.7. The van der Waals surface area contributed by atoms with E-state index in [1.54, 1.807) is 13.1 Å². The number of hydrogen-bond acceptors (Lipinski definition) is 4. The molecule has 1 amide bonds. The van der Waals surface area contributed by atoms with Crippen molar-refractivity contribution in [3.63, 3.8) is 0 Å². The monoisotopic (exact) mass is 318 g/mol. The van der Waals surface area contributed by atoms with Gasteiger partial charge in [-0.15, -0.1) is 0 Å². The van der Waals surface area contributed by atoms with Crippen molar-refractivity contribution in [1.29, 1.82) is 0 Å². The Morgan fingerprint density at radius 3 is 2.91 bits per heavy atom. The second-order valence-electron chi connectivity index (χ2n) is 6.81. The highest BCUT2D eigenvalue weighted by molar-refractivity contribution is 5.97. The third-order valence-electron chi connectivity index (χ3n) is 4.99. The van der Waals surface area contributed by atoms with E-state index in [9.17, 15) is 9.90 Å². The third-order valence-corrected chi connectivity index (χ3v) is 4.99. The zero-order chi connectivity index (χ0) is 16.6. The molecule has 23 heavy (non-hydrogen) atoms. The van der Waals surface area contributed by atoms with E-state index in [1.165, 1.54) is 17.9 Å². The predicted molar refractivity (Wildman–Crippen MR) is 89.7 cm³/mol. The molecule has 0 spiro atoms. The van der Waals surface area contributed by atoms with Crippen molar-refractivity contribution in [2.24, 2.45) is 22.7 Å². The van der Waals surface area contributed by atoms with E-state index in [4.69, 9.17) is 5.84 Å². The molecule has 1 aromatic rings. The summed E-state index contributed by atoms with van der Waals surface area (Å²) >= 11 is 0. The minimum Gasteiger partial charge on any atom is -0.393 e. The third kappa shape index (κ3) is 3.19. The van der Waals surface area contributed by atoms with Crippen molar-refractivity contribution in [2.45, 2.75) is 51.6 Å². The molecule has 1 aliphatic carbocycles. The fraction of sp³-hybridized carbons (Fsp3) is 0.647. The van der Waals surface area contributed by atoms with Gasteiger partial charge in [0, 0.05) is 30.4 Å². The van der Waals surface area contributed by atoms with Crippen LogP contribution in [-0.2, 0) is 0 Å². The topological polar surface area (TPSA) is 94.7 Å². The molecule has 1 saturated carbocycles. The lowest BCUT2D eigenvalue weighted by atomic mass is 9.79. The molecule has 3 atom stereocenters. The van der Waals surface area contributed by atoms with E-state index in [1.807, 2.05) is 0 Å². The Bertz CT molecular complexity index is 604. The summed E-state index contributed by atoms with van der Waals surface area (Å²) in [6.07, 6.45) is 7.28. The largest absolute Gasteiger partial charge is 0.393 e. The fourth-order valence-electron chi connectivity index (χ4n) is 3.53. The van der Waals surface area contributed by atoms with Crippen LogP contribution < -0.4 is 5.84 Å². The number of carbonyl (C=O) groups excluding carboxylic acids is 1. The van der Waals surface area contributed by atoms with E-state index in [0.29, 0.717) is 36.3 Å². The van der Waals surface area contributed by atoms with Crippen LogP contribution in [0.3, 0.4) is 0 Å². The number of fused-ring (bicyclic) bond motifs is 1. The summed E-state index contributed by atoms with van der Waals surface area (Å²) in [6.45, 7) is 4.19. The highest BCUT2D eigenvalue weighted by atomic mass is 16.3. The van der Waals surface area contributed by atoms with Crippen molar-refractivity contribution < 1.29 is 9.90 Å². The van der Waals surface area contributed by atoms with E-state index in [0.717, 1.165) is 17.8 Å². The summed E-state index contributed by atoms with van der Waals surface area (Å²) < 4.78 is 0. The van der Waals surface area contributed by atoms with E-state index >= 15 is 0 Å². The minimum absolute atomic E-state index is 0.201. The number of carbonyl (C=O) groups is 1. The number of rotatable bonds is 6. The number of aromatic amines is 1. The van der Waals surface area contributed by atoms with Gasteiger partial charge in [0.1, 0.15) is 5.82 Å². The molecule has 1 aromatic heterocycles. The van der Waals surface area contributed by atoms with Gasteiger partial charge in [0.05, 0.1) is 11.7 Å². The van der Waals surface area contributed by atoms with Crippen molar-refractivity contribution in [3.05, 3.63) is 17.3 Å². The predicted octanol–water partition coefficient (Wildman–Crippen LogP) is 2.34. The van der Waals surface area contributed by atoms with Gasteiger partial charge in [0.2, 0.25) is 0 Å². The van der Waals surface area contributed by atoms with Gasteiger partial charge in [0.15, 0.2) is 0 Å². The van der Waals surface area contributed by atoms with Crippen LogP contribution in [0.2, 0.25) is 0 Å². The summed E-state index contributed by atoms with van der Waals surface area (Å²) in [4.78, 5) is 20.4. The first-order chi connectivity index (χ1) is 11.0. The first kappa shape index (κ1) is 16.2. The lowest BCUT2D eigenvalue weighted by molar-refractivity contribution is 0.0722. The molecule has 126 valence electrons. The highest BCUT2D eigenvalue weighted by Gasteiger charge is 2.40. The van der Waals surface area contributed by atoms with Crippen LogP contribution in [0.25, 0.3) is 0 Å². The molecule has 1 fully saturated rings. The molecular formula is C17H26N4O2. The lowest BCUT2D eigenvalue weighted by Gasteiger charge is -2.28. The van der Waals surface area contributed by atoms with E-state index in [-0.39, 0.29) is 5.91 Å². The molecule has 0 bridgehead atoms. The summed E-state index contributed by atoms with van der Waals surface area (Å²) in [7, 11) is 0. The van der Waals surface area contributed by atoms with Crippen LogP contribution in [0.1, 0.15) is 61.4 Å². The number of nitrogens with two attached hydrogens (primary N) is 1. The number of hydrogen-bond donors (Lipinski definition) is 3. The van der Waals surface area contributed by atoms with Crippen molar-refractivity contribution >= 4 is 17.9 Å². The van der Waals surface area contributed by atoms with E-state index in [2.05, 4.69) is 23.1 Å². The van der Waals surface area contributed by atoms with E-state index < -0.39 is 6.10 Å². The number of nitrogens with zero attached hydrogens (tertiary/aromatic N) is 2. The second-order valence-corrected chi connectivity index (χ2v) is 6.81. The SMILES string of the molecule is CCC1c2c(C(=O)N(N)CCC(C)O)c[nH]c2N=CC1C1CC1. The Morgan fingerprint density at radius 2 is 2.30 bits per heavy atom. The number of aliphatic imine (C=N–C) groups is 1. The quantitative estimate of drug-likeness (QED) is 0.427. The number of amides is 1. The van der Waals surface area contributed by atoms with Crippen molar-refractivity contribution in [1.82, 2.24) is 9.99 Å². The van der Waals surface area contributed by atoms with Crippen molar-refractivity contribution in [3.8, 4) is 0 Å². The Hall–Kier alpha value is -1.66. The van der Waals surface area contributed by atoms with Gasteiger partial charge in [-0.2, -0.15) is 0 Å². The smallest absolute Gasteiger partial charge is 0.269 e. The lowest BCUT2D eigenvalue weighted by Crippen LogP contribution is -2.39. The van der Waals surface area contributed by atoms with Crippen LogP contribution >= 0.6 is 0 Å². The number of nitrogens with one attached hydrogen (secondary N) is 1. The average molecular weight is 318 g/mol. The number of aliphatic hydroxyl groups excluding tert-OH is 1. The van der Waals surface area contributed by atoms with Crippen LogP contribution in [0.4, 0.5) is 5.82 Å². The van der Waals surface area contributed by atoms with Gasteiger partial charge in [-0.3, -0.25) is 9.80 Å². The average Bonchev–Trinajstić information content (AvgIpc) is 3.29. The normalized spacial score (nSPS) is 24.3. The second kappa shape index (κ2) is 6.45. The van der Waals surface area contributed by atoms with Crippen LogP contribution in [0.15, 0.2) is 11.2 Å². The van der Waals surface area contributed by atoms with Crippen LogP contribution in [0, 0.1) is 11.8 Å². The van der Waals surface area contributed by atoms with Gasteiger partial charge in [0.25, 0.3) is 5.91 Å². The number of H-pyrrole nitrogens is 1. The molecule has 4 N–H and O–H groups in total. The molecule has 6 nitrogen and oxygen atoms in total. The molecule has 2 aliphatic rings. The standard InChI is InChI=1S/C17H26N4O2/c1-3-12-13(11-4-5-11)8-19-16-15(12)14(9-20-16)17(23)21(18)7-6-10(2)22/h8-13,20,22H,3-7,18H2,1-2H3. The number of aromatic nitrogens is 1. The Balaban J connectivity index is 1.84. The summed E-state index contributed by atoms with van der Waals surface area (Å²) in [5.74, 6) is 7.96. The Labute approximate surface area is 136 Å². The van der Waals surface area contributed by atoms with Crippen LogP contribution in [-0.4, -0.2) is 39.9 Å². The molecule has 0 radical (unpaired) electrons. The molecule has 3 rings (SSSR count). The summed E-state index contributed by atoms with van der Waals surface area (Å²) in [5.41, 5.74) is 1.65.